The fourth-order valence-electron chi connectivity index (χ4n) is 1.89. The summed E-state index contributed by atoms with van der Waals surface area (Å²) in [5, 5.41) is 20.9. The lowest BCUT2D eigenvalue weighted by molar-refractivity contribution is -0.385. The van der Waals surface area contributed by atoms with Crippen molar-refractivity contribution in [3.63, 3.8) is 0 Å². The highest BCUT2D eigenvalue weighted by Gasteiger charge is 2.17. The van der Waals surface area contributed by atoms with Gasteiger partial charge in [-0.3, -0.25) is 15.1 Å². The Kier molecular flexibility index (Phi) is 5.17. The number of hydrogen-bond acceptors (Lipinski definition) is 6. The standard InChI is InChI=1S/C15H13BrN2O5/c1-22-13-4-3-11(7-14(13)23-2)17-8-9-5-10(16)6-12(15(9)19)18(20)21/h3-8,19H,1-2H3. The van der Waals surface area contributed by atoms with Gasteiger partial charge in [0.2, 0.25) is 5.75 Å². The van der Waals surface area contributed by atoms with Gasteiger partial charge in [0, 0.05) is 28.4 Å². The molecule has 0 unspecified atom stereocenters. The highest BCUT2D eigenvalue weighted by Crippen LogP contribution is 2.34. The Morgan fingerprint density at radius 1 is 1.22 bits per heavy atom. The minimum atomic E-state index is -0.659. The fourth-order valence-corrected chi connectivity index (χ4v) is 2.36. The number of hydrogen-bond donors (Lipinski definition) is 1. The van der Waals surface area contributed by atoms with Crippen LogP contribution < -0.4 is 9.47 Å². The lowest BCUT2D eigenvalue weighted by Gasteiger charge is -2.07. The van der Waals surface area contributed by atoms with Gasteiger partial charge < -0.3 is 14.6 Å². The average molecular weight is 381 g/mol. The molecule has 2 rings (SSSR count). The largest absolute Gasteiger partial charge is 0.502 e. The molecule has 2 aromatic carbocycles. The summed E-state index contributed by atoms with van der Waals surface area (Å²) in [5.41, 5.74) is 0.374. The smallest absolute Gasteiger partial charge is 0.312 e. The molecular formula is C15H13BrN2O5. The summed E-state index contributed by atoms with van der Waals surface area (Å²) in [4.78, 5) is 14.4. The first kappa shape index (κ1) is 16.8. The second kappa shape index (κ2) is 7.10. The van der Waals surface area contributed by atoms with Crippen LogP contribution in [0, 0.1) is 10.1 Å². The number of aromatic hydroxyl groups is 1. The zero-order valence-electron chi connectivity index (χ0n) is 12.3. The first-order chi connectivity index (χ1) is 11.0. The summed E-state index contributed by atoms with van der Waals surface area (Å²) in [6.45, 7) is 0. The van der Waals surface area contributed by atoms with Crippen LogP contribution in [0.25, 0.3) is 0 Å². The Labute approximate surface area is 140 Å². The van der Waals surface area contributed by atoms with Crippen molar-refractivity contribution in [2.75, 3.05) is 14.2 Å². The molecule has 120 valence electrons. The third-order valence-corrected chi connectivity index (χ3v) is 3.46. The van der Waals surface area contributed by atoms with E-state index in [9.17, 15) is 15.2 Å². The van der Waals surface area contributed by atoms with E-state index in [1.807, 2.05) is 0 Å². The van der Waals surface area contributed by atoms with E-state index >= 15 is 0 Å². The van der Waals surface area contributed by atoms with Crippen LogP contribution in [0.1, 0.15) is 5.56 Å². The van der Waals surface area contributed by atoms with Gasteiger partial charge in [-0.2, -0.15) is 0 Å². The van der Waals surface area contributed by atoms with E-state index in [-0.39, 0.29) is 5.56 Å². The average Bonchev–Trinajstić information content (AvgIpc) is 2.54. The number of phenolic OH excluding ortho intramolecular Hbond substituents is 1. The quantitative estimate of drug-likeness (QED) is 0.483. The van der Waals surface area contributed by atoms with Gasteiger partial charge in [-0.1, -0.05) is 15.9 Å². The molecule has 0 radical (unpaired) electrons. The minimum Gasteiger partial charge on any atom is -0.502 e. The molecule has 23 heavy (non-hydrogen) atoms. The van der Waals surface area contributed by atoms with Crippen LogP contribution in [0.3, 0.4) is 0 Å². The number of aliphatic imine (C=N–C) groups is 1. The van der Waals surface area contributed by atoms with Crippen molar-refractivity contribution < 1.29 is 19.5 Å². The molecule has 0 bridgehead atoms. The summed E-state index contributed by atoms with van der Waals surface area (Å²) < 4.78 is 10.8. The summed E-state index contributed by atoms with van der Waals surface area (Å²) >= 11 is 3.17. The predicted molar refractivity (Wildman–Crippen MR) is 89.3 cm³/mol. The maximum absolute atomic E-state index is 10.9. The Morgan fingerprint density at radius 2 is 1.91 bits per heavy atom. The Bertz CT molecular complexity index is 777. The molecule has 0 spiro atoms. The first-order valence-corrected chi connectivity index (χ1v) is 7.18. The zero-order chi connectivity index (χ0) is 17.0. The van der Waals surface area contributed by atoms with E-state index in [4.69, 9.17) is 9.47 Å². The van der Waals surface area contributed by atoms with Crippen LogP contribution >= 0.6 is 15.9 Å². The summed E-state index contributed by atoms with van der Waals surface area (Å²) in [6, 6.07) is 7.80. The first-order valence-electron chi connectivity index (χ1n) is 6.39. The fraction of sp³-hybridized carbons (Fsp3) is 0.133. The van der Waals surface area contributed by atoms with E-state index < -0.39 is 16.4 Å². The molecule has 0 saturated heterocycles. The van der Waals surface area contributed by atoms with Crippen LogP contribution in [0.15, 0.2) is 39.8 Å². The van der Waals surface area contributed by atoms with Crippen molar-refractivity contribution in [2.45, 2.75) is 0 Å². The molecule has 2 aromatic rings. The highest BCUT2D eigenvalue weighted by molar-refractivity contribution is 9.10. The molecule has 0 saturated carbocycles. The van der Waals surface area contributed by atoms with E-state index in [1.54, 1.807) is 18.2 Å². The van der Waals surface area contributed by atoms with Crippen molar-refractivity contribution in [1.82, 2.24) is 0 Å². The van der Waals surface area contributed by atoms with Crippen LogP contribution in [0.5, 0.6) is 17.2 Å². The van der Waals surface area contributed by atoms with Crippen molar-refractivity contribution in [3.8, 4) is 17.2 Å². The number of rotatable bonds is 5. The maximum atomic E-state index is 10.9. The number of nitro benzene ring substituents is 1. The van der Waals surface area contributed by atoms with Gasteiger partial charge in [0.25, 0.3) is 0 Å². The van der Waals surface area contributed by atoms with Crippen LogP contribution in [-0.2, 0) is 0 Å². The zero-order valence-corrected chi connectivity index (χ0v) is 13.9. The molecule has 0 atom stereocenters. The normalized spacial score (nSPS) is 10.7. The van der Waals surface area contributed by atoms with Gasteiger partial charge >= 0.3 is 5.69 Å². The SMILES string of the molecule is COc1ccc(N=Cc2cc(Br)cc([N+](=O)[O-])c2O)cc1OC. The van der Waals surface area contributed by atoms with E-state index in [0.717, 1.165) is 0 Å². The Hall–Kier alpha value is -2.61. The van der Waals surface area contributed by atoms with Gasteiger partial charge in [0.1, 0.15) is 0 Å². The van der Waals surface area contributed by atoms with Gasteiger partial charge in [-0.05, 0) is 18.2 Å². The molecule has 0 fully saturated rings. The number of methoxy groups -OCH3 is 2. The molecule has 0 aliphatic carbocycles. The molecule has 0 aromatic heterocycles. The molecule has 0 aliphatic rings. The van der Waals surface area contributed by atoms with Gasteiger partial charge in [0.15, 0.2) is 11.5 Å². The summed E-state index contributed by atoms with van der Waals surface area (Å²) in [7, 11) is 3.04. The van der Waals surface area contributed by atoms with Crippen molar-refractivity contribution in [2.24, 2.45) is 4.99 Å². The van der Waals surface area contributed by atoms with E-state index in [1.165, 1.54) is 32.6 Å². The molecular weight excluding hydrogens is 368 g/mol. The third-order valence-electron chi connectivity index (χ3n) is 3.00. The van der Waals surface area contributed by atoms with Crippen LogP contribution in [0.2, 0.25) is 0 Å². The molecule has 0 amide bonds. The third kappa shape index (κ3) is 3.78. The minimum absolute atomic E-state index is 0.223. The second-order valence-electron chi connectivity index (χ2n) is 4.42. The van der Waals surface area contributed by atoms with Crippen molar-refractivity contribution >= 4 is 33.5 Å². The van der Waals surface area contributed by atoms with E-state index in [2.05, 4.69) is 20.9 Å². The highest BCUT2D eigenvalue weighted by atomic mass is 79.9. The molecule has 7 nitrogen and oxygen atoms in total. The van der Waals surface area contributed by atoms with Crippen LogP contribution in [-0.4, -0.2) is 30.5 Å². The monoisotopic (exact) mass is 380 g/mol. The number of ether oxygens (including phenoxy) is 2. The Morgan fingerprint density at radius 3 is 2.52 bits per heavy atom. The summed E-state index contributed by atoms with van der Waals surface area (Å²) in [5.74, 6) is 0.626. The van der Waals surface area contributed by atoms with Gasteiger partial charge in [0.05, 0.1) is 24.8 Å². The maximum Gasteiger partial charge on any atom is 0.312 e. The van der Waals surface area contributed by atoms with Crippen molar-refractivity contribution in [3.05, 3.63) is 50.5 Å². The second-order valence-corrected chi connectivity index (χ2v) is 5.33. The lowest BCUT2D eigenvalue weighted by Crippen LogP contribution is -1.93. The number of nitro groups is 1. The number of phenols is 1. The topological polar surface area (TPSA) is 94.2 Å². The Balaban J connectivity index is 2.39. The molecule has 0 aliphatic heterocycles. The summed E-state index contributed by atoms with van der Waals surface area (Å²) in [6.07, 6.45) is 1.34. The molecule has 8 heteroatoms. The van der Waals surface area contributed by atoms with Crippen LogP contribution in [0.4, 0.5) is 11.4 Å². The number of halogens is 1. The van der Waals surface area contributed by atoms with Crippen molar-refractivity contribution in [1.29, 1.82) is 0 Å². The lowest BCUT2D eigenvalue weighted by atomic mass is 10.2. The molecule has 1 N–H and O–H groups in total. The molecule has 0 heterocycles. The van der Waals surface area contributed by atoms with E-state index in [0.29, 0.717) is 21.7 Å². The number of nitrogens with zero attached hydrogens (tertiary/aromatic N) is 2. The van der Waals surface area contributed by atoms with Gasteiger partial charge in [-0.15, -0.1) is 0 Å². The predicted octanol–water partition coefficient (Wildman–Crippen LogP) is 3.83. The number of benzene rings is 2. The van der Waals surface area contributed by atoms with Gasteiger partial charge in [-0.25, -0.2) is 0 Å².